The molecule has 2 aromatic heterocycles. The Morgan fingerprint density at radius 3 is 2.76 bits per heavy atom. The van der Waals surface area contributed by atoms with Gasteiger partial charge >= 0.3 is 0 Å². The Hall–Kier alpha value is -0.800. The number of thiazole rings is 1. The van der Waals surface area contributed by atoms with Gasteiger partial charge in [-0.3, -0.25) is 0 Å². The van der Waals surface area contributed by atoms with Crippen molar-refractivity contribution in [1.29, 1.82) is 0 Å². The van der Waals surface area contributed by atoms with E-state index in [4.69, 9.17) is 10.5 Å². The van der Waals surface area contributed by atoms with Gasteiger partial charge in [-0.25, -0.2) is 15.0 Å². The fourth-order valence-electron chi connectivity index (χ4n) is 1.30. The number of rotatable bonds is 3. The number of hydrogen-bond acceptors (Lipinski definition) is 6. The van der Waals surface area contributed by atoms with Crippen LogP contribution >= 0.6 is 33.9 Å². The van der Waals surface area contributed by atoms with Crippen molar-refractivity contribution < 1.29 is 4.74 Å². The number of nitrogen functional groups attached to an aromatic ring is 1. The summed E-state index contributed by atoms with van der Waals surface area (Å²) in [4.78, 5) is 13.0. The standard InChI is InChI=1S/C10H11IN4OS/c1-5-4-17-10(13-5)9-14-6(3-16-2)7(11)8(12)15-9/h4H,3H2,1-2H3,(H2,12,14,15). The first-order chi connectivity index (χ1) is 8.11. The molecule has 2 rings (SSSR count). The van der Waals surface area contributed by atoms with Gasteiger partial charge in [0.25, 0.3) is 0 Å². The van der Waals surface area contributed by atoms with Crippen LogP contribution in [-0.4, -0.2) is 22.1 Å². The van der Waals surface area contributed by atoms with Crippen molar-refractivity contribution in [2.24, 2.45) is 0 Å². The largest absolute Gasteiger partial charge is 0.383 e. The minimum atomic E-state index is 0.419. The first kappa shape index (κ1) is 12.7. The molecule has 7 heteroatoms. The average Bonchev–Trinajstić information content (AvgIpc) is 2.71. The predicted molar refractivity (Wildman–Crippen MR) is 75.7 cm³/mol. The third-order valence-electron chi connectivity index (χ3n) is 2.04. The van der Waals surface area contributed by atoms with Crippen LogP contribution in [0.3, 0.4) is 0 Å². The van der Waals surface area contributed by atoms with Gasteiger partial charge in [-0.05, 0) is 29.5 Å². The molecule has 0 bridgehead atoms. The van der Waals surface area contributed by atoms with Crippen LogP contribution in [-0.2, 0) is 11.3 Å². The lowest BCUT2D eigenvalue weighted by Crippen LogP contribution is -2.05. The molecule has 0 fully saturated rings. The van der Waals surface area contributed by atoms with Crippen molar-refractivity contribution in [2.45, 2.75) is 13.5 Å². The molecule has 0 unspecified atom stereocenters. The molecule has 0 aromatic carbocycles. The smallest absolute Gasteiger partial charge is 0.191 e. The van der Waals surface area contributed by atoms with E-state index >= 15 is 0 Å². The van der Waals surface area contributed by atoms with Gasteiger partial charge in [-0.1, -0.05) is 0 Å². The van der Waals surface area contributed by atoms with Crippen molar-refractivity contribution in [3.8, 4) is 10.8 Å². The minimum absolute atomic E-state index is 0.419. The second-order valence-corrected chi connectivity index (χ2v) is 5.36. The lowest BCUT2D eigenvalue weighted by atomic mass is 10.4. The van der Waals surface area contributed by atoms with Crippen molar-refractivity contribution in [2.75, 3.05) is 12.8 Å². The highest BCUT2D eigenvalue weighted by atomic mass is 127. The van der Waals surface area contributed by atoms with Gasteiger partial charge < -0.3 is 10.5 Å². The van der Waals surface area contributed by atoms with E-state index in [9.17, 15) is 0 Å². The summed E-state index contributed by atoms with van der Waals surface area (Å²) >= 11 is 3.63. The van der Waals surface area contributed by atoms with Gasteiger partial charge in [0.15, 0.2) is 10.8 Å². The minimum Gasteiger partial charge on any atom is -0.383 e. The van der Waals surface area contributed by atoms with E-state index in [0.717, 1.165) is 20.0 Å². The molecular weight excluding hydrogens is 351 g/mol. The number of methoxy groups -OCH3 is 1. The zero-order valence-corrected chi connectivity index (χ0v) is 12.4. The molecule has 17 heavy (non-hydrogen) atoms. The number of aryl methyl sites for hydroxylation is 1. The first-order valence-electron chi connectivity index (χ1n) is 4.85. The summed E-state index contributed by atoms with van der Waals surface area (Å²) in [7, 11) is 1.63. The second kappa shape index (κ2) is 5.23. The van der Waals surface area contributed by atoms with Crippen LogP contribution in [0.1, 0.15) is 11.4 Å². The quantitative estimate of drug-likeness (QED) is 0.848. The Balaban J connectivity index is 2.48. The van der Waals surface area contributed by atoms with Gasteiger partial charge in [0, 0.05) is 18.2 Å². The van der Waals surface area contributed by atoms with E-state index in [-0.39, 0.29) is 0 Å². The van der Waals surface area contributed by atoms with Gasteiger partial charge in [0.1, 0.15) is 5.82 Å². The number of anilines is 1. The summed E-state index contributed by atoms with van der Waals surface area (Å²) < 4.78 is 5.93. The number of nitrogens with two attached hydrogens (primary N) is 1. The van der Waals surface area contributed by atoms with Crippen molar-refractivity contribution in [1.82, 2.24) is 15.0 Å². The van der Waals surface area contributed by atoms with Crippen molar-refractivity contribution >= 4 is 39.7 Å². The second-order valence-electron chi connectivity index (χ2n) is 3.42. The zero-order valence-electron chi connectivity index (χ0n) is 9.40. The van der Waals surface area contributed by atoms with Crippen molar-refractivity contribution in [3.63, 3.8) is 0 Å². The molecule has 0 aliphatic heterocycles. The van der Waals surface area contributed by atoms with Crippen LogP contribution in [0.25, 0.3) is 10.8 Å². The molecule has 5 nitrogen and oxygen atoms in total. The van der Waals surface area contributed by atoms with Crippen LogP contribution in [0.15, 0.2) is 5.38 Å². The van der Waals surface area contributed by atoms with Crippen LogP contribution in [0.2, 0.25) is 0 Å². The molecule has 2 aromatic rings. The average molecular weight is 362 g/mol. The number of nitrogens with zero attached hydrogens (tertiary/aromatic N) is 3. The predicted octanol–water partition coefficient (Wildman–Crippen LogP) is 2.24. The SMILES string of the molecule is COCc1nc(-c2nc(C)cs2)nc(N)c1I. The molecule has 90 valence electrons. The molecule has 0 saturated carbocycles. The number of aromatic nitrogens is 3. The van der Waals surface area contributed by atoms with E-state index in [1.807, 2.05) is 12.3 Å². The summed E-state index contributed by atoms with van der Waals surface area (Å²) in [6.45, 7) is 2.36. The molecule has 0 spiro atoms. The topological polar surface area (TPSA) is 73.9 Å². The highest BCUT2D eigenvalue weighted by molar-refractivity contribution is 14.1. The molecule has 0 atom stereocenters. The van der Waals surface area contributed by atoms with E-state index in [1.165, 1.54) is 11.3 Å². The monoisotopic (exact) mass is 362 g/mol. The Bertz CT molecular complexity index is 543. The summed E-state index contributed by atoms with van der Waals surface area (Å²) in [6, 6.07) is 0. The molecule has 0 aliphatic rings. The summed E-state index contributed by atoms with van der Waals surface area (Å²) in [5.74, 6) is 1.03. The van der Waals surface area contributed by atoms with E-state index in [2.05, 4.69) is 37.5 Å². The molecular formula is C10H11IN4OS. The lowest BCUT2D eigenvalue weighted by Gasteiger charge is -2.06. The fraction of sp³-hybridized carbons (Fsp3) is 0.300. The molecule has 0 saturated heterocycles. The van der Waals surface area contributed by atoms with Gasteiger partial charge in [-0.15, -0.1) is 11.3 Å². The van der Waals surface area contributed by atoms with E-state index in [1.54, 1.807) is 7.11 Å². The summed E-state index contributed by atoms with van der Waals surface area (Å²) in [5.41, 5.74) is 7.61. The highest BCUT2D eigenvalue weighted by Gasteiger charge is 2.13. The third-order valence-corrected chi connectivity index (χ3v) is 4.17. The number of halogens is 1. The number of ether oxygens (including phenoxy) is 1. The lowest BCUT2D eigenvalue weighted by molar-refractivity contribution is 0.181. The van der Waals surface area contributed by atoms with Crippen molar-refractivity contribution in [3.05, 3.63) is 20.3 Å². The van der Waals surface area contributed by atoms with Gasteiger partial charge in [-0.2, -0.15) is 0 Å². The van der Waals surface area contributed by atoms with Crippen LogP contribution in [0, 0.1) is 10.5 Å². The molecule has 2 N–H and O–H groups in total. The van der Waals surface area contributed by atoms with Crippen LogP contribution in [0.5, 0.6) is 0 Å². The van der Waals surface area contributed by atoms with E-state index in [0.29, 0.717) is 18.2 Å². The Kier molecular flexibility index (Phi) is 3.89. The normalized spacial score (nSPS) is 10.8. The van der Waals surface area contributed by atoms with Gasteiger partial charge in [0.05, 0.1) is 15.9 Å². The maximum atomic E-state index is 5.86. The van der Waals surface area contributed by atoms with Crippen LogP contribution < -0.4 is 5.73 Å². The Morgan fingerprint density at radius 1 is 1.41 bits per heavy atom. The molecule has 0 aliphatic carbocycles. The maximum absolute atomic E-state index is 5.86. The number of hydrogen-bond donors (Lipinski definition) is 1. The maximum Gasteiger partial charge on any atom is 0.191 e. The first-order valence-corrected chi connectivity index (χ1v) is 6.81. The van der Waals surface area contributed by atoms with Crippen LogP contribution in [0.4, 0.5) is 5.82 Å². The Morgan fingerprint density at radius 2 is 2.18 bits per heavy atom. The molecule has 0 amide bonds. The Labute approximate surface area is 117 Å². The third kappa shape index (κ3) is 2.72. The summed E-state index contributed by atoms with van der Waals surface area (Å²) in [6.07, 6.45) is 0. The fourth-order valence-corrected chi connectivity index (χ4v) is 2.42. The van der Waals surface area contributed by atoms with Gasteiger partial charge in [0.2, 0.25) is 0 Å². The highest BCUT2D eigenvalue weighted by Crippen LogP contribution is 2.24. The molecule has 2 heterocycles. The van der Waals surface area contributed by atoms with E-state index < -0.39 is 0 Å². The zero-order chi connectivity index (χ0) is 12.4. The molecule has 0 radical (unpaired) electrons. The summed E-state index contributed by atoms with van der Waals surface area (Å²) in [5, 5.41) is 2.74.